The molecule has 1 rings (SSSR count). The molecule has 0 spiro atoms. The summed E-state index contributed by atoms with van der Waals surface area (Å²) in [5, 5.41) is 0. The summed E-state index contributed by atoms with van der Waals surface area (Å²) >= 11 is -0.198. The Balaban J connectivity index is 2.45. The molecule has 0 bridgehead atoms. The van der Waals surface area contributed by atoms with Gasteiger partial charge in [0.25, 0.3) is 0 Å². The fourth-order valence-corrected chi connectivity index (χ4v) is 2.71. The molecule has 0 amide bonds. The standard InChI is InChI=1S/C3H6N2.Y/c1-3(4)5-2;/h1-2H2,(H2,4,5);. The van der Waals surface area contributed by atoms with Crippen LogP contribution in [0.5, 0.6) is 0 Å². The summed E-state index contributed by atoms with van der Waals surface area (Å²) in [4.78, 5) is 4.01. The van der Waals surface area contributed by atoms with Gasteiger partial charge in [0.15, 0.2) is 0 Å². The minimum absolute atomic E-state index is 0.198. The third kappa shape index (κ3) is 1.02. The van der Waals surface area contributed by atoms with Gasteiger partial charge >= 0.3 is 52.3 Å². The first-order chi connectivity index (χ1) is 2.89. The topological polar surface area (TPSA) is 38.4 Å². The molecule has 0 aromatic heterocycles. The van der Waals surface area contributed by atoms with Gasteiger partial charge in [0.2, 0.25) is 0 Å². The van der Waals surface area contributed by atoms with Crippen LogP contribution in [0.1, 0.15) is 0 Å². The summed E-state index contributed by atoms with van der Waals surface area (Å²) in [7, 11) is 0. The van der Waals surface area contributed by atoms with Crippen molar-refractivity contribution in [2.75, 3.05) is 3.36 Å². The number of nitrogens with two attached hydrogens (primary N) is 1. The van der Waals surface area contributed by atoms with Gasteiger partial charge in [-0.1, -0.05) is 0 Å². The zero-order valence-corrected chi connectivity index (χ0v) is 6.35. The maximum absolute atomic E-state index is 5.33. The number of nitrogens with zero attached hydrogens (tertiary/aromatic N) is 1. The van der Waals surface area contributed by atoms with Crippen molar-refractivity contribution in [3.05, 3.63) is 0 Å². The van der Waals surface area contributed by atoms with E-state index in [1.807, 2.05) is 0 Å². The van der Waals surface area contributed by atoms with Crippen LogP contribution in [0.3, 0.4) is 0 Å². The molecule has 0 unspecified atom stereocenters. The van der Waals surface area contributed by atoms with Gasteiger partial charge in [0.05, 0.1) is 0 Å². The van der Waals surface area contributed by atoms with Crippen molar-refractivity contribution < 1.29 is 29.2 Å². The van der Waals surface area contributed by atoms with E-state index < -0.39 is 0 Å². The van der Waals surface area contributed by atoms with Crippen LogP contribution in [-0.4, -0.2) is 9.19 Å². The number of hydrogen-bond donors (Lipinski definition) is 1. The number of hydrogen-bond acceptors (Lipinski definition) is 2. The van der Waals surface area contributed by atoms with Gasteiger partial charge < -0.3 is 0 Å². The van der Waals surface area contributed by atoms with E-state index in [4.69, 9.17) is 5.73 Å². The van der Waals surface area contributed by atoms with Gasteiger partial charge in [0.1, 0.15) is 0 Å². The molecule has 0 aromatic carbocycles. The monoisotopic (exact) mass is 159 g/mol. The van der Waals surface area contributed by atoms with Gasteiger partial charge in [-0.25, -0.2) is 0 Å². The summed E-state index contributed by atoms with van der Waals surface area (Å²) in [6.07, 6.45) is 0. The molecule has 2 nitrogen and oxygen atoms in total. The van der Waals surface area contributed by atoms with E-state index in [1.54, 1.807) is 0 Å². The molecule has 31 valence electrons. The van der Waals surface area contributed by atoms with Crippen molar-refractivity contribution in [3.8, 4) is 0 Å². The van der Waals surface area contributed by atoms with E-state index in [-0.39, 0.29) is 29.2 Å². The SMILES string of the molecule is NC1=N[CH2][Y][CH2]1. The molecular formula is C3H6N2Y. The predicted octanol–water partition coefficient (Wildman–Crippen LogP) is -0.184. The van der Waals surface area contributed by atoms with Crippen LogP contribution >= 0.6 is 0 Å². The molecule has 2 N–H and O–H groups in total. The van der Waals surface area contributed by atoms with Crippen molar-refractivity contribution in [2.45, 2.75) is 3.23 Å². The molecule has 3 heteroatoms. The fourth-order valence-electron chi connectivity index (χ4n) is 0.459. The Labute approximate surface area is 52.2 Å². The van der Waals surface area contributed by atoms with Gasteiger partial charge in [-0.15, -0.1) is 0 Å². The molecule has 0 atom stereocenters. The van der Waals surface area contributed by atoms with Crippen LogP contribution < -0.4 is 5.73 Å². The molecule has 1 aliphatic heterocycles. The molecule has 6 heavy (non-hydrogen) atoms. The van der Waals surface area contributed by atoms with Gasteiger partial charge in [0, 0.05) is 0 Å². The quantitative estimate of drug-likeness (QED) is 0.522. The molecule has 1 heterocycles. The van der Waals surface area contributed by atoms with Gasteiger partial charge in [-0.2, -0.15) is 0 Å². The van der Waals surface area contributed by atoms with E-state index in [2.05, 4.69) is 4.99 Å². The summed E-state index contributed by atoms with van der Waals surface area (Å²) in [5.74, 6) is 0.913. The van der Waals surface area contributed by atoms with Crippen molar-refractivity contribution in [1.82, 2.24) is 0 Å². The van der Waals surface area contributed by atoms with E-state index in [1.165, 1.54) is 3.23 Å². The second-order valence-electron chi connectivity index (χ2n) is 1.32. The van der Waals surface area contributed by atoms with Crippen molar-refractivity contribution in [1.29, 1.82) is 0 Å². The summed E-state index contributed by atoms with van der Waals surface area (Å²) in [6, 6.07) is 0. The fraction of sp³-hybridized carbons (Fsp3) is 0.667. The van der Waals surface area contributed by atoms with Crippen LogP contribution in [0.4, 0.5) is 0 Å². The van der Waals surface area contributed by atoms with Crippen molar-refractivity contribution in [2.24, 2.45) is 10.7 Å². The first-order valence-corrected chi connectivity index (χ1v) is 6.01. The maximum atomic E-state index is 5.33. The number of amidine groups is 1. The Kier molecular flexibility index (Phi) is 1.60. The van der Waals surface area contributed by atoms with Crippen LogP contribution in [0.15, 0.2) is 4.99 Å². The molecule has 0 saturated carbocycles. The van der Waals surface area contributed by atoms with Crippen LogP contribution in [0, 0.1) is 0 Å². The Morgan fingerprint density at radius 1 is 1.83 bits per heavy atom. The first kappa shape index (κ1) is 4.73. The third-order valence-corrected chi connectivity index (χ3v) is 3.60. The van der Waals surface area contributed by atoms with E-state index in [0.29, 0.717) is 0 Å². The zero-order chi connectivity index (χ0) is 4.41. The zero-order valence-electron chi connectivity index (χ0n) is 3.52. The van der Waals surface area contributed by atoms with E-state index in [9.17, 15) is 0 Å². The van der Waals surface area contributed by atoms with Crippen LogP contribution in [0.25, 0.3) is 0 Å². The number of rotatable bonds is 0. The van der Waals surface area contributed by atoms with Gasteiger partial charge in [-0.3, -0.25) is 0 Å². The Morgan fingerprint density at radius 3 is 2.83 bits per heavy atom. The molecule has 0 aromatic rings. The second kappa shape index (κ2) is 2.03. The number of aliphatic imine (C=N–C) groups is 1. The molecule has 0 fully saturated rings. The molecule has 0 radical (unpaired) electrons. The van der Waals surface area contributed by atoms with Crippen LogP contribution in [0.2, 0.25) is 3.23 Å². The predicted molar refractivity (Wildman–Crippen MR) is 21.3 cm³/mol. The average molecular weight is 159 g/mol. The van der Waals surface area contributed by atoms with Crippen molar-refractivity contribution >= 4 is 5.84 Å². The third-order valence-electron chi connectivity index (χ3n) is 0.777. The second-order valence-corrected chi connectivity index (χ2v) is 4.65. The molecule has 1 aliphatic rings. The van der Waals surface area contributed by atoms with Crippen LogP contribution in [-0.2, 0) is 29.2 Å². The molecule has 0 aliphatic carbocycles. The van der Waals surface area contributed by atoms with E-state index >= 15 is 0 Å². The molecule has 0 saturated heterocycles. The Morgan fingerprint density at radius 2 is 2.67 bits per heavy atom. The van der Waals surface area contributed by atoms with E-state index in [0.717, 1.165) is 9.19 Å². The summed E-state index contributed by atoms with van der Waals surface area (Å²) in [5.41, 5.74) is 5.33. The Hall–Kier alpha value is 0.574. The first-order valence-electron chi connectivity index (χ1n) is 2.00. The summed E-state index contributed by atoms with van der Waals surface area (Å²) < 4.78 is 2.34. The van der Waals surface area contributed by atoms with Crippen molar-refractivity contribution in [3.63, 3.8) is 0 Å². The Bertz CT molecular complexity index is 78.9. The van der Waals surface area contributed by atoms with Gasteiger partial charge in [-0.05, 0) is 0 Å². The normalized spacial score (nSPS) is 18.3. The summed E-state index contributed by atoms with van der Waals surface area (Å²) in [6.45, 7) is 0. The average Bonchev–Trinajstić information content (AvgIpc) is 1.86. The minimum atomic E-state index is -0.198. The molecular weight excluding hydrogens is 153 g/mol.